The molecule has 7 heteroatoms. The molecule has 0 radical (unpaired) electrons. The van der Waals surface area contributed by atoms with Gasteiger partial charge in [-0.1, -0.05) is 23.7 Å². The minimum Gasteiger partial charge on any atom is -0.353 e. The number of nitrogens with one attached hydrogen (secondary N) is 1. The van der Waals surface area contributed by atoms with E-state index < -0.39 is 0 Å². The maximum Gasteiger partial charge on any atom is 0.236 e. The topological polar surface area (TPSA) is 44.3 Å². The number of nitrogens with zero attached hydrogens (tertiary/aromatic N) is 4. The van der Waals surface area contributed by atoms with E-state index in [1.54, 1.807) is 0 Å². The van der Waals surface area contributed by atoms with E-state index in [0.717, 1.165) is 67.7 Å². The zero-order valence-electron chi connectivity index (χ0n) is 14.3. The molecule has 1 N–H and O–H groups in total. The second kappa shape index (κ2) is 7.89. The van der Waals surface area contributed by atoms with Gasteiger partial charge in [0.1, 0.15) is 0 Å². The Morgan fingerprint density at radius 3 is 2.60 bits per heavy atom. The van der Waals surface area contributed by atoms with Gasteiger partial charge in [0.05, 0.1) is 0 Å². The van der Waals surface area contributed by atoms with Crippen LogP contribution in [0.15, 0.2) is 24.3 Å². The number of anilines is 2. The van der Waals surface area contributed by atoms with Crippen LogP contribution in [0.5, 0.6) is 0 Å². The van der Waals surface area contributed by atoms with Crippen LogP contribution in [-0.2, 0) is 6.42 Å². The third-order valence-corrected chi connectivity index (χ3v) is 5.96. The molecule has 0 amide bonds. The van der Waals surface area contributed by atoms with E-state index in [-0.39, 0.29) is 0 Å². The average molecular weight is 378 g/mol. The number of piperazine rings is 1. The van der Waals surface area contributed by atoms with Gasteiger partial charge in [-0.25, -0.2) is 0 Å². The highest BCUT2D eigenvalue weighted by Crippen LogP contribution is 2.29. The summed E-state index contributed by atoms with van der Waals surface area (Å²) in [4.78, 5) is 9.54. The van der Waals surface area contributed by atoms with Crippen molar-refractivity contribution in [2.24, 2.45) is 5.92 Å². The fourth-order valence-corrected chi connectivity index (χ4v) is 3.90. The summed E-state index contributed by atoms with van der Waals surface area (Å²) < 4.78 is 4.45. The molecule has 1 saturated heterocycles. The molecule has 134 valence electrons. The second-order valence-corrected chi connectivity index (χ2v) is 8.10. The Morgan fingerprint density at radius 2 is 1.88 bits per heavy atom. The van der Waals surface area contributed by atoms with Crippen molar-refractivity contribution in [1.82, 2.24) is 14.3 Å². The Morgan fingerprint density at radius 1 is 1.12 bits per heavy atom. The van der Waals surface area contributed by atoms with Gasteiger partial charge < -0.3 is 10.2 Å². The Labute approximate surface area is 158 Å². The maximum atomic E-state index is 5.94. The van der Waals surface area contributed by atoms with Gasteiger partial charge in [0.25, 0.3) is 0 Å². The first-order chi connectivity index (χ1) is 12.3. The van der Waals surface area contributed by atoms with Gasteiger partial charge in [-0.3, -0.25) is 4.90 Å². The molecule has 0 spiro atoms. The van der Waals surface area contributed by atoms with Gasteiger partial charge in [-0.2, -0.15) is 9.36 Å². The molecule has 4 rings (SSSR count). The van der Waals surface area contributed by atoms with E-state index in [9.17, 15) is 0 Å². The number of aromatic nitrogens is 2. The molecular weight excluding hydrogens is 354 g/mol. The summed E-state index contributed by atoms with van der Waals surface area (Å²) in [6.07, 6.45) is 3.77. The number of hydrogen-bond acceptors (Lipinski definition) is 6. The first kappa shape index (κ1) is 17.1. The zero-order valence-corrected chi connectivity index (χ0v) is 15.9. The molecular formula is C18H24ClN5S. The van der Waals surface area contributed by atoms with Crippen LogP contribution in [0.1, 0.15) is 18.4 Å². The summed E-state index contributed by atoms with van der Waals surface area (Å²) in [5, 5.41) is 5.22. The van der Waals surface area contributed by atoms with Crippen LogP contribution in [0.2, 0.25) is 5.02 Å². The fraction of sp³-hybridized carbons (Fsp3) is 0.556. The van der Waals surface area contributed by atoms with Crippen LogP contribution >= 0.6 is 23.1 Å². The van der Waals surface area contributed by atoms with Crippen LogP contribution in [0, 0.1) is 5.92 Å². The molecule has 1 aliphatic carbocycles. The van der Waals surface area contributed by atoms with Crippen molar-refractivity contribution >= 4 is 34.2 Å². The first-order valence-corrected chi connectivity index (χ1v) is 10.2. The highest BCUT2D eigenvalue weighted by molar-refractivity contribution is 7.09. The summed E-state index contributed by atoms with van der Waals surface area (Å²) in [5.41, 5.74) is 1.35. The van der Waals surface area contributed by atoms with Gasteiger partial charge in [0.2, 0.25) is 11.1 Å². The Balaban J connectivity index is 1.21. The van der Waals surface area contributed by atoms with Crippen molar-refractivity contribution in [3.63, 3.8) is 0 Å². The number of rotatable bonds is 7. The van der Waals surface area contributed by atoms with E-state index in [0.29, 0.717) is 0 Å². The monoisotopic (exact) mass is 377 g/mol. The summed E-state index contributed by atoms with van der Waals surface area (Å²) in [7, 11) is 0. The molecule has 2 aliphatic rings. The highest BCUT2D eigenvalue weighted by atomic mass is 35.5. The summed E-state index contributed by atoms with van der Waals surface area (Å²) in [5.74, 6) is 1.65. The van der Waals surface area contributed by atoms with Crippen molar-refractivity contribution < 1.29 is 0 Å². The SMILES string of the molecule is Clc1ccc(CCN2CCN(c3nc(NCC4CC4)ns3)CC2)cc1. The quantitative estimate of drug-likeness (QED) is 0.801. The van der Waals surface area contributed by atoms with Crippen molar-refractivity contribution in [3.05, 3.63) is 34.9 Å². The molecule has 1 saturated carbocycles. The third-order valence-electron chi connectivity index (χ3n) is 4.93. The van der Waals surface area contributed by atoms with E-state index in [1.165, 1.54) is 29.9 Å². The summed E-state index contributed by atoms with van der Waals surface area (Å²) in [6, 6.07) is 8.18. The molecule has 2 heterocycles. The normalized spacial score (nSPS) is 18.5. The van der Waals surface area contributed by atoms with Crippen LogP contribution in [-0.4, -0.2) is 53.5 Å². The third kappa shape index (κ3) is 4.84. The van der Waals surface area contributed by atoms with Gasteiger partial charge in [-0.15, -0.1) is 0 Å². The van der Waals surface area contributed by atoms with E-state index in [4.69, 9.17) is 11.6 Å². The Kier molecular flexibility index (Phi) is 5.39. The lowest BCUT2D eigenvalue weighted by Gasteiger charge is -2.34. The molecule has 0 atom stereocenters. The predicted molar refractivity (Wildman–Crippen MR) is 105 cm³/mol. The lowest BCUT2D eigenvalue weighted by atomic mass is 10.1. The molecule has 5 nitrogen and oxygen atoms in total. The molecule has 0 unspecified atom stereocenters. The molecule has 1 aromatic heterocycles. The van der Waals surface area contributed by atoms with E-state index in [1.807, 2.05) is 12.1 Å². The molecule has 0 bridgehead atoms. The smallest absolute Gasteiger partial charge is 0.236 e. The van der Waals surface area contributed by atoms with E-state index in [2.05, 4.69) is 36.6 Å². The lowest BCUT2D eigenvalue weighted by molar-refractivity contribution is 0.261. The van der Waals surface area contributed by atoms with E-state index >= 15 is 0 Å². The maximum absolute atomic E-state index is 5.94. The van der Waals surface area contributed by atoms with Crippen molar-refractivity contribution in [2.45, 2.75) is 19.3 Å². The van der Waals surface area contributed by atoms with Crippen LogP contribution in [0.4, 0.5) is 11.1 Å². The van der Waals surface area contributed by atoms with Crippen molar-refractivity contribution in [3.8, 4) is 0 Å². The molecule has 1 aromatic carbocycles. The second-order valence-electron chi connectivity index (χ2n) is 6.93. The largest absolute Gasteiger partial charge is 0.353 e. The first-order valence-electron chi connectivity index (χ1n) is 9.05. The Bertz CT molecular complexity index is 677. The number of halogens is 1. The van der Waals surface area contributed by atoms with Crippen LogP contribution < -0.4 is 10.2 Å². The van der Waals surface area contributed by atoms with Crippen molar-refractivity contribution in [2.75, 3.05) is 49.5 Å². The lowest BCUT2D eigenvalue weighted by Crippen LogP contribution is -2.47. The average Bonchev–Trinajstić information content (AvgIpc) is 3.36. The highest BCUT2D eigenvalue weighted by Gasteiger charge is 2.22. The predicted octanol–water partition coefficient (Wildman–Crippen LogP) is 3.38. The summed E-state index contributed by atoms with van der Waals surface area (Å²) in [6.45, 7) is 6.33. The van der Waals surface area contributed by atoms with Crippen LogP contribution in [0.3, 0.4) is 0 Å². The van der Waals surface area contributed by atoms with Crippen molar-refractivity contribution in [1.29, 1.82) is 0 Å². The zero-order chi connectivity index (χ0) is 17.1. The van der Waals surface area contributed by atoms with Gasteiger partial charge in [0.15, 0.2) is 0 Å². The number of hydrogen-bond donors (Lipinski definition) is 1. The molecule has 1 aliphatic heterocycles. The molecule has 25 heavy (non-hydrogen) atoms. The fourth-order valence-electron chi connectivity index (χ4n) is 3.07. The molecule has 2 aromatic rings. The van der Waals surface area contributed by atoms with Gasteiger partial charge in [-0.05, 0) is 42.9 Å². The minimum atomic E-state index is 0.803. The van der Waals surface area contributed by atoms with Gasteiger partial charge in [0, 0.05) is 55.8 Å². The molecule has 2 fully saturated rings. The Hall–Kier alpha value is -1.37. The summed E-state index contributed by atoms with van der Waals surface area (Å²) >= 11 is 7.46. The van der Waals surface area contributed by atoms with Gasteiger partial charge >= 0.3 is 0 Å². The minimum absolute atomic E-state index is 0.803. The number of benzene rings is 1. The standard InChI is InChI=1S/C18H24ClN5S/c19-16-5-3-14(4-6-16)7-8-23-9-11-24(12-10-23)18-21-17(22-25-18)20-13-15-1-2-15/h3-6,15H,1-2,7-13H2,(H,20,22). The van der Waals surface area contributed by atoms with Crippen LogP contribution in [0.25, 0.3) is 0 Å².